The van der Waals surface area contributed by atoms with Crippen molar-refractivity contribution in [3.8, 4) is 0 Å². The highest BCUT2D eigenvalue weighted by atomic mass is 16.4. The fourth-order valence-electron chi connectivity index (χ4n) is 1.69. The number of urea groups is 1. The number of carboxylic acid groups (broad SMARTS) is 1. The summed E-state index contributed by atoms with van der Waals surface area (Å²) >= 11 is 0. The Labute approximate surface area is 105 Å². The lowest BCUT2D eigenvalue weighted by molar-refractivity contribution is -0.138. The van der Waals surface area contributed by atoms with E-state index in [-0.39, 0.29) is 18.6 Å². The predicted molar refractivity (Wildman–Crippen MR) is 66.4 cm³/mol. The smallest absolute Gasteiger partial charge is 0.315 e. The average molecular weight is 248 g/mol. The van der Waals surface area contributed by atoms with Crippen molar-refractivity contribution in [3.63, 3.8) is 0 Å². The van der Waals surface area contributed by atoms with Gasteiger partial charge in [0.25, 0.3) is 0 Å². The molecule has 1 aliphatic carbocycles. The number of aliphatic carboxylic acids is 1. The van der Waals surface area contributed by atoms with Crippen molar-refractivity contribution < 1.29 is 14.7 Å². The third-order valence-corrected chi connectivity index (χ3v) is 2.88. The van der Waals surface area contributed by atoms with Crippen LogP contribution in [0.1, 0.15) is 24.3 Å². The fourth-order valence-corrected chi connectivity index (χ4v) is 1.69. The molecule has 1 atom stereocenters. The van der Waals surface area contributed by atoms with Crippen LogP contribution in [0.15, 0.2) is 30.3 Å². The van der Waals surface area contributed by atoms with Gasteiger partial charge in [0.1, 0.15) is 0 Å². The summed E-state index contributed by atoms with van der Waals surface area (Å²) < 4.78 is 0. The number of hydrogen-bond acceptors (Lipinski definition) is 2. The van der Waals surface area contributed by atoms with E-state index >= 15 is 0 Å². The highest BCUT2D eigenvalue weighted by Crippen LogP contribution is 2.18. The molecule has 1 fully saturated rings. The first-order valence-corrected chi connectivity index (χ1v) is 5.99. The van der Waals surface area contributed by atoms with E-state index in [0.29, 0.717) is 5.56 Å². The standard InChI is InChI=1S/C13H16N2O3/c16-12(17)11(9-4-2-1-3-5-9)8-14-13(18)15-10-6-7-10/h1-5,10-11H,6-8H2,(H,16,17)(H2,14,15,18). The van der Waals surface area contributed by atoms with Crippen molar-refractivity contribution in [2.24, 2.45) is 0 Å². The Hall–Kier alpha value is -2.04. The molecular weight excluding hydrogens is 232 g/mol. The summed E-state index contributed by atoms with van der Waals surface area (Å²) in [6.45, 7) is 0.0951. The monoisotopic (exact) mass is 248 g/mol. The normalized spacial score (nSPS) is 15.8. The largest absolute Gasteiger partial charge is 0.481 e. The summed E-state index contributed by atoms with van der Waals surface area (Å²) in [5.74, 6) is -1.65. The number of carbonyl (C=O) groups excluding carboxylic acids is 1. The third kappa shape index (κ3) is 3.48. The van der Waals surface area contributed by atoms with Crippen LogP contribution in [0.4, 0.5) is 4.79 Å². The van der Waals surface area contributed by atoms with Gasteiger partial charge in [-0.05, 0) is 18.4 Å². The second kappa shape index (κ2) is 5.53. The number of carboxylic acids is 1. The van der Waals surface area contributed by atoms with E-state index in [1.165, 1.54) is 0 Å². The Morgan fingerprint density at radius 2 is 1.94 bits per heavy atom. The van der Waals surface area contributed by atoms with Gasteiger partial charge < -0.3 is 15.7 Å². The van der Waals surface area contributed by atoms with Gasteiger partial charge in [-0.15, -0.1) is 0 Å². The van der Waals surface area contributed by atoms with Crippen LogP contribution >= 0.6 is 0 Å². The van der Waals surface area contributed by atoms with Gasteiger partial charge in [0.15, 0.2) is 0 Å². The van der Waals surface area contributed by atoms with Crippen molar-refractivity contribution in [3.05, 3.63) is 35.9 Å². The Balaban J connectivity index is 1.90. The molecule has 3 N–H and O–H groups in total. The predicted octanol–water partition coefficient (Wildman–Crippen LogP) is 1.32. The lowest BCUT2D eigenvalue weighted by Gasteiger charge is -2.14. The molecule has 1 saturated carbocycles. The van der Waals surface area contributed by atoms with E-state index < -0.39 is 11.9 Å². The van der Waals surface area contributed by atoms with Gasteiger partial charge in [0, 0.05) is 12.6 Å². The van der Waals surface area contributed by atoms with Crippen LogP contribution in [0.2, 0.25) is 0 Å². The summed E-state index contributed by atoms with van der Waals surface area (Å²) in [6, 6.07) is 8.88. The lowest BCUT2D eigenvalue weighted by Crippen LogP contribution is -2.40. The molecule has 1 aromatic rings. The van der Waals surface area contributed by atoms with Crippen molar-refractivity contribution in [2.45, 2.75) is 24.8 Å². The number of carbonyl (C=O) groups is 2. The lowest BCUT2D eigenvalue weighted by atomic mass is 9.99. The van der Waals surface area contributed by atoms with Gasteiger partial charge in [0.2, 0.25) is 0 Å². The average Bonchev–Trinajstić information content (AvgIpc) is 3.14. The zero-order chi connectivity index (χ0) is 13.0. The Morgan fingerprint density at radius 1 is 1.28 bits per heavy atom. The molecule has 0 bridgehead atoms. The van der Waals surface area contributed by atoms with Gasteiger partial charge >= 0.3 is 12.0 Å². The maximum atomic E-state index is 11.4. The number of rotatable bonds is 5. The molecule has 1 unspecified atom stereocenters. The number of amides is 2. The second-order valence-corrected chi connectivity index (χ2v) is 4.43. The van der Waals surface area contributed by atoms with Crippen LogP contribution in [0.5, 0.6) is 0 Å². The Morgan fingerprint density at radius 3 is 2.50 bits per heavy atom. The minimum Gasteiger partial charge on any atom is -0.481 e. The SMILES string of the molecule is O=C(NCC(C(=O)O)c1ccccc1)NC1CC1. The van der Waals surface area contributed by atoms with Gasteiger partial charge in [-0.2, -0.15) is 0 Å². The highest BCUT2D eigenvalue weighted by Gasteiger charge is 2.24. The molecule has 0 aromatic heterocycles. The molecule has 1 aromatic carbocycles. The second-order valence-electron chi connectivity index (χ2n) is 4.43. The van der Waals surface area contributed by atoms with Gasteiger partial charge in [-0.3, -0.25) is 4.79 Å². The first kappa shape index (κ1) is 12.4. The highest BCUT2D eigenvalue weighted by molar-refractivity contribution is 5.79. The number of benzene rings is 1. The molecule has 0 radical (unpaired) electrons. The quantitative estimate of drug-likeness (QED) is 0.735. The van der Waals surface area contributed by atoms with E-state index in [4.69, 9.17) is 5.11 Å². The van der Waals surface area contributed by atoms with Gasteiger partial charge in [-0.25, -0.2) is 4.79 Å². The van der Waals surface area contributed by atoms with Gasteiger partial charge in [-0.1, -0.05) is 30.3 Å². The molecular formula is C13H16N2O3. The molecule has 0 spiro atoms. The van der Waals surface area contributed by atoms with Crippen LogP contribution in [0.25, 0.3) is 0 Å². The first-order chi connectivity index (χ1) is 8.66. The summed E-state index contributed by atoms with van der Waals surface area (Å²) in [7, 11) is 0. The molecule has 0 aliphatic heterocycles. The minimum atomic E-state index is -0.937. The van der Waals surface area contributed by atoms with E-state index in [0.717, 1.165) is 12.8 Å². The third-order valence-electron chi connectivity index (χ3n) is 2.88. The molecule has 2 amide bonds. The van der Waals surface area contributed by atoms with E-state index in [2.05, 4.69) is 10.6 Å². The van der Waals surface area contributed by atoms with Crippen LogP contribution < -0.4 is 10.6 Å². The first-order valence-electron chi connectivity index (χ1n) is 5.99. The maximum Gasteiger partial charge on any atom is 0.315 e. The molecule has 1 aliphatic rings. The van der Waals surface area contributed by atoms with Crippen LogP contribution in [-0.4, -0.2) is 29.7 Å². The zero-order valence-electron chi connectivity index (χ0n) is 9.93. The Kier molecular flexibility index (Phi) is 3.82. The fraction of sp³-hybridized carbons (Fsp3) is 0.385. The molecule has 5 nitrogen and oxygen atoms in total. The minimum absolute atomic E-state index is 0.0951. The molecule has 2 rings (SSSR count). The van der Waals surface area contributed by atoms with E-state index in [1.54, 1.807) is 24.3 Å². The summed E-state index contributed by atoms with van der Waals surface area (Å²) in [5, 5.41) is 14.5. The molecule has 0 saturated heterocycles. The molecule has 5 heteroatoms. The van der Waals surface area contributed by atoms with Crippen LogP contribution in [0.3, 0.4) is 0 Å². The van der Waals surface area contributed by atoms with Crippen molar-refractivity contribution in [1.29, 1.82) is 0 Å². The van der Waals surface area contributed by atoms with Crippen LogP contribution in [-0.2, 0) is 4.79 Å². The number of hydrogen-bond donors (Lipinski definition) is 3. The topological polar surface area (TPSA) is 78.4 Å². The van der Waals surface area contributed by atoms with Crippen molar-refractivity contribution in [1.82, 2.24) is 10.6 Å². The molecule has 96 valence electrons. The summed E-state index contributed by atoms with van der Waals surface area (Å²) in [4.78, 5) is 22.6. The van der Waals surface area contributed by atoms with Crippen LogP contribution in [0, 0.1) is 0 Å². The zero-order valence-corrected chi connectivity index (χ0v) is 9.93. The summed E-state index contributed by atoms with van der Waals surface area (Å²) in [6.07, 6.45) is 2.02. The molecule has 18 heavy (non-hydrogen) atoms. The number of nitrogens with one attached hydrogen (secondary N) is 2. The molecule has 0 heterocycles. The van der Waals surface area contributed by atoms with E-state index in [9.17, 15) is 9.59 Å². The Bertz CT molecular complexity index is 429. The maximum absolute atomic E-state index is 11.4. The van der Waals surface area contributed by atoms with Gasteiger partial charge in [0.05, 0.1) is 5.92 Å². The van der Waals surface area contributed by atoms with E-state index in [1.807, 2.05) is 6.07 Å². The van der Waals surface area contributed by atoms with Crippen molar-refractivity contribution in [2.75, 3.05) is 6.54 Å². The van der Waals surface area contributed by atoms with Crippen molar-refractivity contribution >= 4 is 12.0 Å². The summed E-state index contributed by atoms with van der Waals surface area (Å²) in [5.41, 5.74) is 0.691.